The van der Waals surface area contributed by atoms with Gasteiger partial charge in [-0.2, -0.15) is 0 Å². The maximum Gasteiger partial charge on any atom is 0.239 e. The van der Waals surface area contributed by atoms with Crippen LogP contribution in [0.4, 0.5) is 9.52 Å². The van der Waals surface area contributed by atoms with Crippen LogP contribution in [0.25, 0.3) is 11.3 Å². The molecule has 0 radical (unpaired) electrons. The van der Waals surface area contributed by atoms with Crippen molar-refractivity contribution in [3.63, 3.8) is 0 Å². The summed E-state index contributed by atoms with van der Waals surface area (Å²) in [4.78, 5) is 23.8. The molecule has 0 unspecified atom stereocenters. The van der Waals surface area contributed by atoms with Gasteiger partial charge in [-0.15, -0.1) is 11.3 Å². The van der Waals surface area contributed by atoms with Gasteiger partial charge in [0.1, 0.15) is 5.82 Å². The van der Waals surface area contributed by atoms with Crippen molar-refractivity contribution in [1.82, 2.24) is 14.5 Å². The van der Waals surface area contributed by atoms with Crippen LogP contribution >= 0.6 is 23.1 Å². The van der Waals surface area contributed by atoms with Crippen LogP contribution < -0.4 is 4.90 Å². The Labute approximate surface area is 182 Å². The van der Waals surface area contributed by atoms with E-state index in [0.29, 0.717) is 11.7 Å². The number of carbonyl (C=O) groups is 1. The van der Waals surface area contributed by atoms with Gasteiger partial charge in [-0.3, -0.25) is 9.69 Å². The molecule has 2 aromatic carbocycles. The number of thiazole rings is 1. The van der Waals surface area contributed by atoms with Crippen LogP contribution in [0.3, 0.4) is 0 Å². The molecule has 2 aromatic heterocycles. The quantitative estimate of drug-likeness (QED) is 0.381. The molecule has 8 heteroatoms. The first-order chi connectivity index (χ1) is 14.6. The topological polar surface area (TPSA) is 51.0 Å². The van der Waals surface area contributed by atoms with Crippen LogP contribution in [0.5, 0.6) is 0 Å². The van der Waals surface area contributed by atoms with Gasteiger partial charge in [0.15, 0.2) is 10.3 Å². The number of nitrogens with zero attached hydrogens (tertiary/aromatic N) is 4. The predicted octanol–water partition coefficient (Wildman–Crippen LogP) is 5.01. The number of anilines is 1. The number of imidazole rings is 1. The van der Waals surface area contributed by atoms with Gasteiger partial charge in [-0.1, -0.05) is 42.1 Å². The monoisotopic (exact) mass is 438 g/mol. The second-order valence-electron chi connectivity index (χ2n) is 6.60. The summed E-state index contributed by atoms with van der Waals surface area (Å²) in [6.45, 7) is 0.428. The molecule has 0 spiro atoms. The number of benzene rings is 2. The van der Waals surface area contributed by atoms with Crippen LogP contribution in [0.15, 0.2) is 77.5 Å². The molecular formula is C22H19FN4OS2. The molecule has 0 fully saturated rings. The summed E-state index contributed by atoms with van der Waals surface area (Å²) in [5.74, 6) is -0.0865. The van der Waals surface area contributed by atoms with Gasteiger partial charge in [0.2, 0.25) is 5.91 Å². The fourth-order valence-corrected chi connectivity index (χ4v) is 4.52. The average Bonchev–Trinajstić information content (AvgIpc) is 3.41. The van der Waals surface area contributed by atoms with Crippen molar-refractivity contribution >= 4 is 34.1 Å². The van der Waals surface area contributed by atoms with Crippen LogP contribution in [0, 0.1) is 5.82 Å². The summed E-state index contributed by atoms with van der Waals surface area (Å²) in [7, 11) is 1.90. The summed E-state index contributed by atoms with van der Waals surface area (Å²) < 4.78 is 15.1. The minimum atomic E-state index is -0.290. The van der Waals surface area contributed by atoms with Gasteiger partial charge >= 0.3 is 0 Å². The van der Waals surface area contributed by atoms with Gasteiger partial charge in [0, 0.05) is 30.4 Å². The third kappa shape index (κ3) is 4.77. The number of halogens is 1. The molecule has 1 amide bonds. The first-order valence-corrected chi connectivity index (χ1v) is 11.1. The van der Waals surface area contributed by atoms with E-state index in [0.717, 1.165) is 22.0 Å². The zero-order chi connectivity index (χ0) is 20.9. The van der Waals surface area contributed by atoms with Gasteiger partial charge < -0.3 is 4.57 Å². The standard InChI is InChI=1S/C22H19FN4OS2/c1-26-12-11-24-21(26)30-15-20(28)27(13-16-5-3-2-4-6-16)22-25-19(14-29-22)17-7-9-18(23)10-8-17/h2-12,14H,13,15H2,1H3. The fraction of sp³-hybridized carbons (Fsp3) is 0.136. The van der Waals surface area contributed by atoms with E-state index < -0.39 is 0 Å². The minimum absolute atomic E-state index is 0.0492. The molecular weight excluding hydrogens is 419 g/mol. The lowest BCUT2D eigenvalue weighted by Crippen LogP contribution is -2.32. The second-order valence-corrected chi connectivity index (χ2v) is 8.38. The van der Waals surface area contributed by atoms with Gasteiger partial charge in [0.05, 0.1) is 18.0 Å². The molecule has 4 rings (SSSR count). The lowest BCUT2D eigenvalue weighted by Gasteiger charge is -2.20. The Bertz CT molecular complexity index is 1130. The Morgan fingerprint density at radius 3 is 2.63 bits per heavy atom. The maximum atomic E-state index is 13.2. The molecule has 5 nitrogen and oxygen atoms in total. The lowest BCUT2D eigenvalue weighted by molar-refractivity contribution is -0.116. The lowest BCUT2D eigenvalue weighted by atomic mass is 10.2. The molecule has 0 saturated carbocycles. The summed E-state index contributed by atoms with van der Waals surface area (Å²) in [5, 5.41) is 3.29. The first-order valence-electron chi connectivity index (χ1n) is 9.26. The molecule has 4 aromatic rings. The van der Waals surface area contributed by atoms with Crippen LogP contribution in [-0.2, 0) is 18.4 Å². The van der Waals surface area contributed by atoms with Crippen molar-refractivity contribution in [2.45, 2.75) is 11.7 Å². The largest absolute Gasteiger partial charge is 0.329 e. The van der Waals surface area contributed by atoms with E-state index in [4.69, 9.17) is 0 Å². The van der Waals surface area contributed by atoms with E-state index in [2.05, 4.69) is 9.97 Å². The fourth-order valence-electron chi connectivity index (χ4n) is 2.87. The normalized spacial score (nSPS) is 10.9. The van der Waals surface area contributed by atoms with Gasteiger partial charge in [0.25, 0.3) is 0 Å². The van der Waals surface area contributed by atoms with E-state index in [1.807, 2.05) is 53.5 Å². The molecule has 0 aliphatic rings. The molecule has 152 valence electrons. The third-order valence-electron chi connectivity index (χ3n) is 4.45. The Morgan fingerprint density at radius 1 is 1.17 bits per heavy atom. The highest BCUT2D eigenvalue weighted by Gasteiger charge is 2.21. The number of carbonyl (C=O) groups excluding carboxylic acids is 1. The molecule has 0 atom stereocenters. The zero-order valence-corrected chi connectivity index (χ0v) is 17.9. The highest BCUT2D eigenvalue weighted by Crippen LogP contribution is 2.29. The minimum Gasteiger partial charge on any atom is -0.329 e. The highest BCUT2D eigenvalue weighted by molar-refractivity contribution is 7.99. The maximum absolute atomic E-state index is 13.2. The second kappa shape index (κ2) is 9.23. The van der Waals surface area contributed by atoms with E-state index in [-0.39, 0.29) is 17.5 Å². The molecule has 0 saturated heterocycles. The van der Waals surface area contributed by atoms with Gasteiger partial charge in [-0.25, -0.2) is 14.4 Å². The number of hydrogen-bond acceptors (Lipinski definition) is 5. The molecule has 0 aliphatic carbocycles. The average molecular weight is 439 g/mol. The molecule has 30 heavy (non-hydrogen) atoms. The Morgan fingerprint density at radius 2 is 1.93 bits per heavy atom. The van der Waals surface area contributed by atoms with E-state index >= 15 is 0 Å². The van der Waals surface area contributed by atoms with Crippen molar-refractivity contribution < 1.29 is 9.18 Å². The Balaban J connectivity index is 1.57. The van der Waals surface area contributed by atoms with Crippen molar-refractivity contribution in [1.29, 1.82) is 0 Å². The Hall–Kier alpha value is -2.97. The predicted molar refractivity (Wildman–Crippen MR) is 119 cm³/mol. The van der Waals surface area contributed by atoms with Crippen molar-refractivity contribution in [3.8, 4) is 11.3 Å². The van der Waals surface area contributed by atoms with E-state index in [1.165, 1.54) is 35.2 Å². The molecule has 0 N–H and O–H groups in total. The number of amides is 1. The molecule has 0 bridgehead atoms. The Kier molecular flexibility index (Phi) is 6.25. The number of aryl methyl sites for hydroxylation is 1. The van der Waals surface area contributed by atoms with Gasteiger partial charge in [-0.05, 0) is 29.8 Å². The first kappa shape index (κ1) is 20.3. The van der Waals surface area contributed by atoms with Crippen molar-refractivity contribution in [2.24, 2.45) is 7.05 Å². The summed E-state index contributed by atoms with van der Waals surface area (Å²) in [6.07, 6.45) is 3.56. The smallest absolute Gasteiger partial charge is 0.239 e. The summed E-state index contributed by atoms with van der Waals surface area (Å²) in [6, 6.07) is 16.0. The molecule has 2 heterocycles. The summed E-state index contributed by atoms with van der Waals surface area (Å²) >= 11 is 2.80. The SMILES string of the molecule is Cn1ccnc1SCC(=O)N(Cc1ccccc1)c1nc(-c2ccc(F)cc2)cs1. The third-order valence-corrected chi connectivity index (χ3v) is 6.36. The zero-order valence-electron chi connectivity index (χ0n) is 16.2. The van der Waals surface area contributed by atoms with Crippen LogP contribution in [0.2, 0.25) is 0 Å². The number of hydrogen-bond donors (Lipinski definition) is 0. The highest BCUT2D eigenvalue weighted by atomic mass is 32.2. The van der Waals surface area contributed by atoms with Crippen LogP contribution in [-0.4, -0.2) is 26.2 Å². The summed E-state index contributed by atoms with van der Waals surface area (Å²) in [5.41, 5.74) is 2.55. The number of aromatic nitrogens is 3. The van der Waals surface area contributed by atoms with Crippen molar-refractivity contribution in [3.05, 3.63) is 83.8 Å². The van der Waals surface area contributed by atoms with E-state index in [1.54, 1.807) is 23.2 Å². The molecule has 0 aliphatic heterocycles. The number of rotatable bonds is 7. The van der Waals surface area contributed by atoms with E-state index in [9.17, 15) is 9.18 Å². The number of thioether (sulfide) groups is 1. The van der Waals surface area contributed by atoms with Crippen LogP contribution in [0.1, 0.15) is 5.56 Å². The van der Waals surface area contributed by atoms with Crippen molar-refractivity contribution in [2.75, 3.05) is 10.7 Å².